The molecule has 0 unspecified atom stereocenters. The molecule has 2 aromatic heterocycles. The summed E-state index contributed by atoms with van der Waals surface area (Å²) in [5.74, 6) is -1.44. The van der Waals surface area contributed by atoms with Crippen LogP contribution in [0.4, 0.5) is 10.0 Å². The van der Waals surface area contributed by atoms with Gasteiger partial charge in [0.25, 0.3) is 0 Å². The Morgan fingerprint density at radius 2 is 1.76 bits per heavy atom. The molecule has 2 aromatic rings. The van der Waals surface area contributed by atoms with Gasteiger partial charge in [0.15, 0.2) is 0 Å². The van der Waals surface area contributed by atoms with Crippen molar-refractivity contribution in [2.75, 3.05) is 13.2 Å². The third-order valence-corrected chi connectivity index (χ3v) is 5.33. The molecule has 0 N–H and O–H groups in total. The van der Waals surface area contributed by atoms with Crippen LogP contribution in [0.2, 0.25) is 0 Å². The van der Waals surface area contributed by atoms with Gasteiger partial charge in [0.1, 0.15) is 10.6 Å². The number of thiophene rings is 2. The lowest BCUT2D eigenvalue weighted by Crippen LogP contribution is -2.13. The van der Waals surface area contributed by atoms with Crippen LogP contribution in [0.25, 0.3) is 9.75 Å². The van der Waals surface area contributed by atoms with Crippen molar-refractivity contribution >= 4 is 51.3 Å². The molecule has 8 nitrogen and oxygen atoms in total. The van der Waals surface area contributed by atoms with Gasteiger partial charge in [-0.2, -0.15) is 0 Å². The molecular formula is C15H14N2O6S2. The van der Waals surface area contributed by atoms with Gasteiger partial charge in [0.05, 0.1) is 33.5 Å². The summed E-state index contributed by atoms with van der Waals surface area (Å²) < 4.78 is 10.0. The number of ether oxygens (including phenoxy) is 2. The summed E-state index contributed by atoms with van der Waals surface area (Å²) in [4.78, 5) is 39.7. The van der Waals surface area contributed by atoms with Crippen LogP contribution in [-0.2, 0) is 9.47 Å². The highest BCUT2D eigenvalue weighted by Gasteiger charge is 2.31. The van der Waals surface area contributed by atoms with Crippen LogP contribution < -0.4 is 0 Å². The van der Waals surface area contributed by atoms with E-state index in [-0.39, 0.29) is 34.3 Å². The molecule has 10 heteroatoms. The molecule has 0 saturated carbocycles. The van der Waals surface area contributed by atoms with Gasteiger partial charge in [0.2, 0.25) is 0 Å². The Kier molecular flexibility index (Phi) is 5.99. The first-order valence-corrected chi connectivity index (χ1v) is 8.80. The molecule has 0 aromatic carbocycles. The first-order valence-electron chi connectivity index (χ1n) is 7.16. The first-order chi connectivity index (χ1) is 11.9. The maximum absolute atomic E-state index is 12.4. The van der Waals surface area contributed by atoms with Gasteiger partial charge in [0, 0.05) is 6.07 Å². The summed E-state index contributed by atoms with van der Waals surface area (Å²) in [7, 11) is 0. The number of aliphatic imine (C=N–C) groups is 1. The predicted molar refractivity (Wildman–Crippen MR) is 95.4 cm³/mol. The summed E-state index contributed by atoms with van der Waals surface area (Å²) in [5, 5.41) is 11.0. The highest BCUT2D eigenvalue weighted by atomic mass is 32.1. The Morgan fingerprint density at radius 1 is 1.16 bits per heavy atom. The summed E-state index contributed by atoms with van der Waals surface area (Å²) in [6, 6.07) is 2.85. The maximum atomic E-state index is 12.4. The zero-order valence-electron chi connectivity index (χ0n) is 13.4. The molecule has 2 rings (SSSR count). The quantitative estimate of drug-likeness (QED) is 0.309. The van der Waals surface area contributed by atoms with Crippen LogP contribution in [0.15, 0.2) is 17.1 Å². The van der Waals surface area contributed by atoms with Crippen LogP contribution >= 0.6 is 22.7 Å². The largest absolute Gasteiger partial charge is 0.462 e. The topological polar surface area (TPSA) is 108 Å². The predicted octanol–water partition coefficient (Wildman–Crippen LogP) is 4.07. The monoisotopic (exact) mass is 382 g/mol. The van der Waals surface area contributed by atoms with E-state index in [2.05, 4.69) is 11.7 Å². The molecule has 0 atom stereocenters. The van der Waals surface area contributed by atoms with Crippen molar-refractivity contribution in [1.82, 2.24) is 0 Å². The average molecular weight is 382 g/mol. The minimum atomic E-state index is -0.721. The zero-order valence-corrected chi connectivity index (χ0v) is 15.1. The fourth-order valence-corrected chi connectivity index (χ4v) is 4.06. The van der Waals surface area contributed by atoms with Gasteiger partial charge in [-0.3, -0.25) is 15.1 Å². The molecule has 0 aliphatic heterocycles. The third-order valence-electron chi connectivity index (χ3n) is 2.99. The van der Waals surface area contributed by atoms with E-state index in [1.54, 1.807) is 13.8 Å². The van der Waals surface area contributed by atoms with Crippen molar-refractivity contribution < 1.29 is 24.0 Å². The van der Waals surface area contributed by atoms with Crippen molar-refractivity contribution in [3.63, 3.8) is 0 Å². The smallest absolute Gasteiger partial charge is 0.342 e. The lowest BCUT2D eigenvalue weighted by molar-refractivity contribution is -0.380. The maximum Gasteiger partial charge on any atom is 0.342 e. The molecule has 0 radical (unpaired) electrons. The Labute approximate surface area is 150 Å². The van der Waals surface area contributed by atoms with Crippen molar-refractivity contribution in [3.05, 3.63) is 33.4 Å². The molecule has 0 saturated heterocycles. The second-order valence-electron chi connectivity index (χ2n) is 4.48. The van der Waals surface area contributed by atoms with Crippen molar-refractivity contribution in [2.45, 2.75) is 13.8 Å². The molecule has 0 aliphatic rings. The van der Waals surface area contributed by atoms with Gasteiger partial charge in [-0.05, 0) is 26.6 Å². The lowest BCUT2D eigenvalue weighted by atomic mass is 10.1. The normalized spacial score (nSPS) is 10.3. The van der Waals surface area contributed by atoms with E-state index in [1.807, 2.05) is 0 Å². The zero-order chi connectivity index (χ0) is 18.6. The molecule has 132 valence electrons. The Balaban J connectivity index is 2.69. The van der Waals surface area contributed by atoms with Gasteiger partial charge in [-0.25, -0.2) is 9.59 Å². The number of nitro groups is 1. The molecule has 0 fully saturated rings. The fraction of sp³-hybridized carbons (Fsp3) is 0.267. The Bertz CT molecular complexity index is 839. The second-order valence-corrected chi connectivity index (χ2v) is 6.54. The summed E-state index contributed by atoms with van der Waals surface area (Å²) in [6.45, 7) is 6.92. The van der Waals surface area contributed by atoms with Crippen LogP contribution in [0, 0.1) is 10.1 Å². The second kappa shape index (κ2) is 7.99. The van der Waals surface area contributed by atoms with Crippen LogP contribution in [-0.4, -0.2) is 36.8 Å². The molecular weight excluding hydrogens is 368 g/mol. The fourth-order valence-electron chi connectivity index (χ4n) is 2.04. The molecule has 0 amide bonds. The van der Waals surface area contributed by atoms with Crippen molar-refractivity contribution in [3.8, 4) is 9.75 Å². The molecule has 25 heavy (non-hydrogen) atoms. The van der Waals surface area contributed by atoms with Crippen LogP contribution in [0.5, 0.6) is 0 Å². The molecule has 0 bridgehead atoms. The first kappa shape index (κ1) is 18.7. The van der Waals surface area contributed by atoms with E-state index in [0.717, 1.165) is 22.7 Å². The van der Waals surface area contributed by atoms with Gasteiger partial charge in [-0.1, -0.05) is 11.3 Å². The number of carbonyl (C=O) groups is 2. The SMILES string of the molecule is C=Nc1sc(-c2ccc([N+](=O)[O-])s2)c(C(=O)OCC)c1C(=O)OCC. The Hall–Kier alpha value is -2.59. The number of carbonyl (C=O) groups excluding carboxylic acids is 2. The van der Waals surface area contributed by atoms with E-state index in [1.165, 1.54) is 12.1 Å². The van der Waals surface area contributed by atoms with E-state index in [9.17, 15) is 19.7 Å². The van der Waals surface area contributed by atoms with Gasteiger partial charge < -0.3 is 9.47 Å². The average Bonchev–Trinajstić information content (AvgIpc) is 3.19. The highest BCUT2D eigenvalue weighted by molar-refractivity contribution is 7.25. The number of esters is 2. The lowest BCUT2D eigenvalue weighted by Gasteiger charge is -2.06. The van der Waals surface area contributed by atoms with E-state index in [4.69, 9.17) is 9.47 Å². The number of rotatable bonds is 7. The minimum Gasteiger partial charge on any atom is -0.462 e. The van der Waals surface area contributed by atoms with Gasteiger partial charge >= 0.3 is 16.9 Å². The third kappa shape index (κ3) is 3.74. The summed E-state index contributed by atoms with van der Waals surface area (Å²) in [6.07, 6.45) is 0. The molecule has 0 spiro atoms. The van der Waals surface area contributed by atoms with E-state index < -0.39 is 16.9 Å². The van der Waals surface area contributed by atoms with Crippen molar-refractivity contribution in [1.29, 1.82) is 0 Å². The molecule has 2 heterocycles. The van der Waals surface area contributed by atoms with E-state index >= 15 is 0 Å². The Morgan fingerprint density at radius 3 is 2.24 bits per heavy atom. The number of hydrogen-bond acceptors (Lipinski definition) is 9. The standard InChI is InChI=1S/C15H14N2O6S2/c1-4-22-14(18)10-11(15(19)23-5-2)13(16-3)25-12(10)8-6-7-9(24-8)17(20)21/h6-7H,3-5H2,1-2H3. The van der Waals surface area contributed by atoms with Crippen molar-refractivity contribution in [2.24, 2.45) is 4.99 Å². The van der Waals surface area contributed by atoms with E-state index in [0.29, 0.717) is 9.75 Å². The van der Waals surface area contributed by atoms with Gasteiger partial charge in [-0.15, -0.1) is 11.3 Å². The minimum absolute atomic E-state index is 0.00977. The summed E-state index contributed by atoms with van der Waals surface area (Å²) >= 11 is 1.92. The highest BCUT2D eigenvalue weighted by Crippen LogP contribution is 2.45. The summed E-state index contributed by atoms with van der Waals surface area (Å²) in [5.41, 5.74) is -0.0456. The van der Waals surface area contributed by atoms with Crippen LogP contribution in [0.3, 0.4) is 0 Å². The number of hydrogen-bond donors (Lipinski definition) is 0. The van der Waals surface area contributed by atoms with Crippen LogP contribution in [0.1, 0.15) is 34.6 Å². The number of nitrogens with zero attached hydrogens (tertiary/aromatic N) is 2. The molecule has 0 aliphatic carbocycles.